The fraction of sp³-hybridized carbons (Fsp3) is 0. The fourth-order valence-corrected chi connectivity index (χ4v) is 2.86. The van der Waals surface area contributed by atoms with Gasteiger partial charge in [0.25, 0.3) is 5.91 Å². The zero-order valence-electron chi connectivity index (χ0n) is 9.08. The van der Waals surface area contributed by atoms with Crippen LogP contribution in [0.5, 0.6) is 0 Å². The molecule has 1 amide bonds. The minimum Gasteiger partial charge on any atom is -0.320 e. The summed E-state index contributed by atoms with van der Waals surface area (Å²) in [5, 5.41) is 3.25. The van der Waals surface area contributed by atoms with Gasteiger partial charge in [-0.25, -0.2) is 0 Å². The monoisotopic (exact) mass is 387 g/mol. The van der Waals surface area contributed by atoms with E-state index in [1.54, 1.807) is 24.3 Å². The van der Waals surface area contributed by atoms with E-state index in [-0.39, 0.29) is 5.91 Å². The van der Waals surface area contributed by atoms with Crippen LogP contribution < -0.4 is 5.32 Å². The number of nitrogens with one attached hydrogen (secondary N) is 1. The molecule has 2 rings (SSSR count). The second-order valence-corrected chi connectivity index (χ2v) is 5.65. The van der Waals surface area contributed by atoms with Crippen molar-refractivity contribution in [3.63, 3.8) is 0 Å². The maximum atomic E-state index is 12.1. The van der Waals surface area contributed by atoms with Gasteiger partial charge in [0.1, 0.15) is 0 Å². The van der Waals surface area contributed by atoms with E-state index in [0.29, 0.717) is 16.3 Å². The molecule has 0 radical (unpaired) electrons. The van der Waals surface area contributed by atoms with Gasteiger partial charge in [-0.3, -0.25) is 4.79 Å². The molecule has 18 heavy (non-hydrogen) atoms. The summed E-state index contributed by atoms with van der Waals surface area (Å²) in [6, 6.07) is 12.5. The van der Waals surface area contributed by atoms with Crippen molar-refractivity contribution in [2.45, 2.75) is 0 Å². The standard InChI is InChI=1S/C13H8Br2ClNO/c14-9-5-3-6-10(15)12(9)17-13(18)8-4-1-2-7-11(8)16/h1-7H,(H,17,18). The van der Waals surface area contributed by atoms with Crippen molar-refractivity contribution in [2.24, 2.45) is 0 Å². The number of rotatable bonds is 2. The lowest BCUT2D eigenvalue weighted by Gasteiger charge is -2.10. The molecule has 0 aliphatic heterocycles. The molecule has 0 heterocycles. The van der Waals surface area contributed by atoms with E-state index < -0.39 is 0 Å². The number of hydrogen-bond acceptors (Lipinski definition) is 1. The van der Waals surface area contributed by atoms with Crippen LogP contribution in [0, 0.1) is 0 Å². The van der Waals surface area contributed by atoms with Crippen molar-refractivity contribution in [3.8, 4) is 0 Å². The van der Waals surface area contributed by atoms with Crippen molar-refractivity contribution in [1.82, 2.24) is 0 Å². The average Bonchev–Trinajstić information content (AvgIpc) is 2.34. The van der Waals surface area contributed by atoms with Crippen LogP contribution in [-0.4, -0.2) is 5.91 Å². The van der Waals surface area contributed by atoms with Crippen LogP contribution >= 0.6 is 43.5 Å². The van der Waals surface area contributed by atoms with Crippen LogP contribution in [0.2, 0.25) is 5.02 Å². The molecule has 0 aromatic heterocycles. The van der Waals surface area contributed by atoms with E-state index in [1.807, 2.05) is 18.2 Å². The summed E-state index contributed by atoms with van der Waals surface area (Å²) in [7, 11) is 0. The Balaban J connectivity index is 2.30. The molecule has 2 nitrogen and oxygen atoms in total. The highest BCUT2D eigenvalue weighted by Gasteiger charge is 2.13. The lowest BCUT2D eigenvalue weighted by molar-refractivity contribution is 0.102. The summed E-state index contributed by atoms with van der Waals surface area (Å²) in [6.07, 6.45) is 0. The molecule has 5 heteroatoms. The molecule has 0 aliphatic rings. The van der Waals surface area contributed by atoms with E-state index in [2.05, 4.69) is 37.2 Å². The second kappa shape index (κ2) is 5.87. The van der Waals surface area contributed by atoms with Crippen LogP contribution in [-0.2, 0) is 0 Å². The Hall–Kier alpha value is -0.840. The Labute approximate surface area is 127 Å². The van der Waals surface area contributed by atoms with Crippen molar-refractivity contribution in [3.05, 3.63) is 62.0 Å². The minimum absolute atomic E-state index is 0.242. The van der Waals surface area contributed by atoms with Crippen LogP contribution in [0.3, 0.4) is 0 Å². The SMILES string of the molecule is O=C(Nc1c(Br)cccc1Br)c1ccccc1Cl. The zero-order chi connectivity index (χ0) is 13.1. The van der Waals surface area contributed by atoms with E-state index in [9.17, 15) is 4.79 Å². The molecule has 1 N–H and O–H groups in total. The third kappa shape index (κ3) is 2.94. The molecule has 0 aliphatic carbocycles. The van der Waals surface area contributed by atoms with Gasteiger partial charge in [0.15, 0.2) is 0 Å². The number of anilines is 1. The van der Waals surface area contributed by atoms with Crippen LogP contribution in [0.15, 0.2) is 51.4 Å². The van der Waals surface area contributed by atoms with E-state index in [1.165, 1.54) is 0 Å². The van der Waals surface area contributed by atoms with Gasteiger partial charge in [-0.1, -0.05) is 29.8 Å². The number of halogens is 3. The number of para-hydroxylation sites is 1. The Morgan fingerprint density at radius 2 is 1.61 bits per heavy atom. The van der Waals surface area contributed by atoms with Gasteiger partial charge in [-0.05, 0) is 56.1 Å². The second-order valence-electron chi connectivity index (χ2n) is 3.53. The number of carbonyl (C=O) groups is 1. The van der Waals surface area contributed by atoms with Gasteiger partial charge in [0, 0.05) is 8.95 Å². The summed E-state index contributed by atoms with van der Waals surface area (Å²) < 4.78 is 1.61. The summed E-state index contributed by atoms with van der Waals surface area (Å²) >= 11 is 12.8. The van der Waals surface area contributed by atoms with E-state index >= 15 is 0 Å². The Bertz CT molecular complexity index is 581. The highest BCUT2D eigenvalue weighted by Crippen LogP contribution is 2.31. The Morgan fingerprint density at radius 3 is 2.22 bits per heavy atom. The largest absolute Gasteiger partial charge is 0.320 e. The average molecular weight is 389 g/mol. The van der Waals surface area contributed by atoms with Gasteiger partial charge in [0.05, 0.1) is 16.3 Å². The molecule has 0 saturated heterocycles. The molecule has 0 atom stereocenters. The molecule has 2 aromatic carbocycles. The lowest BCUT2D eigenvalue weighted by atomic mass is 10.2. The molecule has 0 bridgehead atoms. The Morgan fingerprint density at radius 1 is 1.00 bits per heavy atom. The first-order valence-electron chi connectivity index (χ1n) is 5.09. The van der Waals surface area contributed by atoms with Gasteiger partial charge in [-0.2, -0.15) is 0 Å². The summed E-state index contributed by atoms with van der Waals surface area (Å²) in [6.45, 7) is 0. The highest BCUT2D eigenvalue weighted by atomic mass is 79.9. The molecular weight excluding hydrogens is 381 g/mol. The van der Waals surface area contributed by atoms with E-state index in [4.69, 9.17) is 11.6 Å². The first-order chi connectivity index (χ1) is 8.59. The topological polar surface area (TPSA) is 29.1 Å². The molecule has 0 fully saturated rings. The minimum atomic E-state index is -0.242. The van der Waals surface area contributed by atoms with Crippen LogP contribution in [0.4, 0.5) is 5.69 Å². The first kappa shape index (κ1) is 13.6. The number of benzene rings is 2. The molecule has 0 unspecified atom stereocenters. The van der Waals surface area contributed by atoms with Crippen molar-refractivity contribution < 1.29 is 4.79 Å². The van der Waals surface area contributed by atoms with Crippen molar-refractivity contribution in [1.29, 1.82) is 0 Å². The van der Waals surface area contributed by atoms with Crippen LogP contribution in [0.25, 0.3) is 0 Å². The van der Waals surface area contributed by atoms with Gasteiger partial charge in [-0.15, -0.1) is 0 Å². The van der Waals surface area contributed by atoms with Gasteiger partial charge in [0.2, 0.25) is 0 Å². The van der Waals surface area contributed by atoms with E-state index in [0.717, 1.165) is 8.95 Å². The Kier molecular flexibility index (Phi) is 4.43. The predicted octanol–water partition coefficient (Wildman–Crippen LogP) is 5.12. The fourth-order valence-electron chi connectivity index (χ4n) is 1.44. The maximum Gasteiger partial charge on any atom is 0.257 e. The van der Waals surface area contributed by atoms with Crippen molar-refractivity contribution >= 4 is 55.1 Å². The lowest BCUT2D eigenvalue weighted by Crippen LogP contribution is -2.13. The summed E-state index contributed by atoms with van der Waals surface area (Å²) in [5.74, 6) is -0.242. The molecule has 2 aromatic rings. The first-order valence-corrected chi connectivity index (χ1v) is 7.06. The number of hydrogen-bond donors (Lipinski definition) is 1. The number of amides is 1. The summed E-state index contributed by atoms with van der Waals surface area (Å²) in [5.41, 5.74) is 1.13. The third-order valence-electron chi connectivity index (χ3n) is 2.32. The highest BCUT2D eigenvalue weighted by molar-refractivity contribution is 9.11. The third-order valence-corrected chi connectivity index (χ3v) is 3.97. The molecule has 0 saturated carbocycles. The van der Waals surface area contributed by atoms with Crippen molar-refractivity contribution in [2.75, 3.05) is 5.32 Å². The maximum absolute atomic E-state index is 12.1. The zero-order valence-corrected chi connectivity index (χ0v) is 13.0. The summed E-state index contributed by atoms with van der Waals surface area (Å²) in [4.78, 5) is 12.1. The van der Waals surface area contributed by atoms with Gasteiger partial charge >= 0.3 is 0 Å². The molecular formula is C13H8Br2ClNO. The van der Waals surface area contributed by atoms with Gasteiger partial charge < -0.3 is 5.32 Å². The normalized spacial score (nSPS) is 10.2. The quantitative estimate of drug-likeness (QED) is 0.759. The number of carbonyl (C=O) groups excluding carboxylic acids is 1. The van der Waals surface area contributed by atoms with Crippen LogP contribution in [0.1, 0.15) is 10.4 Å². The molecule has 0 spiro atoms. The predicted molar refractivity (Wildman–Crippen MR) is 81.2 cm³/mol. The molecule has 92 valence electrons. The smallest absolute Gasteiger partial charge is 0.257 e.